The van der Waals surface area contributed by atoms with Crippen LogP contribution < -0.4 is 10.6 Å². The molecule has 2 aromatic rings. The second-order valence-electron chi connectivity index (χ2n) is 7.28. The van der Waals surface area contributed by atoms with Gasteiger partial charge in [0, 0.05) is 37.8 Å². The molecule has 0 radical (unpaired) electrons. The third-order valence-corrected chi connectivity index (χ3v) is 6.40. The minimum Gasteiger partial charge on any atom is -0.384 e. The van der Waals surface area contributed by atoms with Gasteiger partial charge in [-0.3, -0.25) is 9.59 Å². The number of hydrogen-bond donors (Lipinski definition) is 2. The Labute approximate surface area is 156 Å². The van der Waals surface area contributed by atoms with E-state index in [9.17, 15) is 9.59 Å². The Bertz CT molecular complexity index is 821. The number of benzene rings is 1. The zero-order valence-corrected chi connectivity index (χ0v) is 15.6. The normalized spacial score (nSPS) is 28.4. The number of piperidine rings is 1. The molecule has 1 saturated carbocycles. The van der Waals surface area contributed by atoms with Gasteiger partial charge in [-0.15, -0.1) is 11.3 Å². The van der Waals surface area contributed by atoms with Crippen LogP contribution in [0.15, 0.2) is 23.7 Å². The quantitative estimate of drug-likeness (QED) is 0.862. The molecule has 2 N–H and O–H groups in total. The van der Waals surface area contributed by atoms with E-state index in [0.29, 0.717) is 24.5 Å². The number of nitrogens with zero attached hydrogens (tertiary/aromatic N) is 1. The summed E-state index contributed by atoms with van der Waals surface area (Å²) in [6.07, 6.45) is 3.26. The smallest absolute Gasteiger partial charge is 0.251 e. The molecule has 0 bridgehead atoms. The summed E-state index contributed by atoms with van der Waals surface area (Å²) in [4.78, 5) is 28.9. The Morgan fingerprint density at radius 3 is 3.15 bits per heavy atom. The molecule has 4 unspecified atom stereocenters. The molecule has 2 fully saturated rings. The van der Waals surface area contributed by atoms with Crippen LogP contribution in [0.4, 0.5) is 0 Å². The fourth-order valence-electron chi connectivity index (χ4n) is 4.37. The molecule has 2 aliphatic rings. The first-order valence-corrected chi connectivity index (χ1v) is 9.94. The highest BCUT2D eigenvalue weighted by atomic mass is 32.1. The highest BCUT2D eigenvalue weighted by Crippen LogP contribution is 2.35. The largest absolute Gasteiger partial charge is 0.384 e. The standard InChI is InChI=1S/C19H23N3O3S/c1-25-9-12-7-18(23)22-16-8-13(3-4-14(12)16)21-19(24)11-2-5-15-17(6-11)26-10-20-15/h2,5-6,10,12-14,16H,3-4,7-9H2,1H3,(H,21,24)(H,22,23). The lowest BCUT2D eigenvalue weighted by atomic mass is 9.71. The number of hydrogen-bond acceptors (Lipinski definition) is 5. The van der Waals surface area contributed by atoms with Gasteiger partial charge in [0.25, 0.3) is 5.91 Å². The molecule has 4 rings (SSSR count). The fraction of sp³-hybridized carbons (Fsp3) is 0.526. The van der Waals surface area contributed by atoms with Crippen LogP contribution >= 0.6 is 11.3 Å². The molecule has 0 spiro atoms. The first-order valence-electron chi connectivity index (χ1n) is 9.06. The van der Waals surface area contributed by atoms with Gasteiger partial charge in [-0.05, 0) is 49.3 Å². The molecular formula is C19H23N3O3S. The number of carbonyl (C=O) groups is 2. The third-order valence-electron chi connectivity index (χ3n) is 5.61. The van der Waals surface area contributed by atoms with Gasteiger partial charge >= 0.3 is 0 Å². The van der Waals surface area contributed by atoms with Gasteiger partial charge in [0.2, 0.25) is 5.91 Å². The van der Waals surface area contributed by atoms with Crippen molar-refractivity contribution in [2.24, 2.45) is 11.8 Å². The summed E-state index contributed by atoms with van der Waals surface area (Å²) < 4.78 is 6.32. The van der Waals surface area contributed by atoms with E-state index >= 15 is 0 Å². The van der Waals surface area contributed by atoms with Crippen LogP contribution in [0, 0.1) is 11.8 Å². The molecule has 1 aliphatic heterocycles. The summed E-state index contributed by atoms with van der Waals surface area (Å²) in [7, 11) is 1.69. The van der Waals surface area contributed by atoms with E-state index in [4.69, 9.17) is 4.74 Å². The summed E-state index contributed by atoms with van der Waals surface area (Å²) in [5.41, 5.74) is 3.37. The maximum atomic E-state index is 12.6. The van der Waals surface area contributed by atoms with Crippen LogP contribution in [0.2, 0.25) is 0 Å². The maximum Gasteiger partial charge on any atom is 0.251 e. The van der Waals surface area contributed by atoms with E-state index in [1.807, 2.05) is 18.2 Å². The van der Waals surface area contributed by atoms with Gasteiger partial charge in [-0.1, -0.05) is 0 Å². The zero-order valence-electron chi connectivity index (χ0n) is 14.7. The van der Waals surface area contributed by atoms with Crippen molar-refractivity contribution in [3.8, 4) is 0 Å². The average molecular weight is 373 g/mol. The summed E-state index contributed by atoms with van der Waals surface area (Å²) in [6, 6.07) is 5.81. The third kappa shape index (κ3) is 3.46. The number of methoxy groups -OCH3 is 1. The molecule has 1 aliphatic carbocycles. The molecule has 4 atom stereocenters. The van der Waals surface area contributed by atoms with Crippen LogP contribution in [-0.2, 0) is 9.53 Å². The number of amides is 2. The predicted octanol–water partition coefficient (Wildman–Crippen LogP) is 2.35. The van der Waals surface area contributed by atoms with E-state index in [-0.39, 0.29) is 29.8 Å². The summed E-state index contributed by atoms with van der Waals surface area (Å²) in [5.74, 6) is 0.758. The van der Waals surface area contributed by atoms with Crippen LogP contribution in [0.25, 0.3) is 10.2 Å². The van der Waals surface area contributed by atoms with Crippen molar-refractivity contribution < 1.29 is 14.3 Å². The Hall–Kier alpha value is -1.99. The van der Waals surface area contributed by atoms with E-state index < -0.39 is 0 Å². The van der Waals surface area contributed by atoms with Crippen LogP contribution in [0.3, 0.4) is 0 Å². The van der Waals surface area contributed by atoms with Gasteiger partial charge in [0.15, 0.2) is 0 Å². The summed E-state index contributed by atoms with van der Waals surface area (Å²) >= 11 is 1.53. The molecule has 1 aromatic carbocycles. The van der Waals surface area contributed by atoms with Crippen molar-refractivity contribution in [1.29, 1.82) is 0 Å². The first kappa shape index (κ1) is 17.4. The topological polar surface area (TPSA) is 80.3 Å². The number of thiazole rings is 1. The molecule has 1 aromatic heterocycles. The number of nitrogens with one attached hydrogen (secondary N) is 2. The Morgan fingerprint density at radius 2 is 2.31 bits per heavy atom. The van der Waals surface area contributed by atoms with Gasteiger partial charge in [-0.25, -0.2) is 4.98 Å². The van der Waals surface area contributed by atoms with Crippen molar-refractivity contribution in [2.45, 2.75) is 37.8 Å². The number of rotatable bonds is 4. The Kier molecular flexibility index (Phi) is 4.91. The molecular weight excluding hydrogens is 350 g/mol. The number of fused-ring (bicyclic) bond motifs is 2. The number of carbonyl (C=O) groups excluding carboxylic acids is 2. The van der Waals surface area contributed by atoms with E-state index in [0.717, 1.165) is 29.5 Å². The highest BCUT2D eigenvalue weighted by Gasteiger charge is 2.40. The lowest BCUT2D eigenvalue weighted by Gasteiger charge is -2.43. The lowest BCUT2D eigenvalue weighted by Crippen LogP contribution is -2.56. The minimum atomic E-state index is -0.0562. The van der Waals surface area contributed by atoms with Crippen LogP contribution in [0.1, 0.15) is 36.0 Å². The molecule has 26 heavy (non-hydrogen) atoms. The molecule has 2 heterocycles. The van der Waals surface area contributed by atoms with Gasteiger partial charge < -0.3 is 15.4 Å². The highest BCUT2D eigenvalue weighted by molar-refractivity contribution is 7.16. The maximum absolute atomic E-state index is 12.6. The second kappa shape index (κ2) is 7.32. The SMILES string of the molecule is COCC1CC(=O)NC2CC(NC(=O)c3ccc4ncsc4c3)CCC12. The average Bonchev–Trinajstić information content (AvgIpc) is 3.09. The second-order valence-corrected chi connectivity index (χ2v) is 8.16. The predicted molar refractivity (Wildman–Crippen MR) is 100 cm³/mol. The van der Waals surface area contributed by atoms with Crippen molar-refractivity contribution in [3.05, 3.63) is 29.3 Å². The zero-order chi connectivity index (χ0) is 18.1. The number of ether oxygens (including phenoxy) is 1. The van der Waals surface area contributed by atoms with Gasteiger partial charge in [-0.2, -0.15) is 0 Å². The van der Waals surface area contributed by atoms with Crippen molar-refractivity contribution in [3.63, 3.8) is 0 Å². The monoisotopic (exact) mass is 373 g/mol. The Morgan fingerprint density at radius 1 is 1.42 bits per heavy atom. The number of aromatic nitrogens is 1. The van der Waals surface area contributed by atoms with Crippen molar-refractivity contribution in [2.75, 3.05) is 13.7 Å². The minimum absolute atomic E-state index is 0.0562. The van der Waals surface area contributed by atoms with E-state index in [1.54, 1.807) is 12.6 Å². The summed E-state index contributed by atoms with van der Waals surface area (Å²) in [6.45, 7) is 0.625. The van der Waals surface area contributed by atoms with Crippen molar-refractivity contribution >= 4 is 33.4 Å². The first-order chi connectivity index (χ1) is 12.6. The fourth-order valence-corrected chi connectivity index (χ4v) is 5.09. The van der Waals surface area contributed by atoms with Gasteiger partial charge in [0.05, 0.1) is 15.7 Å². The molecule has 6 nitrogen and oxygen atoms in total. The van der Waals surface area contributed by atoms with Crippen LogP contribution in [0.5, 0.6) is 0 Å². The van der Waals surface area contributed by atoms with Gasteiger partial charge in [0.1, 0.15) is 0 Å². The summed E-state index contributed by atoms with van der Waals surface area (Å²) in [5, 5.41) is 6.27. The van der Waals surface area contributed by atoms with Crippen molar-refractivity contribution in [1.82, 2.24) is 15.6 Å². The lowest BCUT2D eigenvalue weighted by molar-refractivity contribution is -0.128. The van der Waals surface area contributed by atoms with Crippen LogP contribution in [-0.4, -0.2) is 42.6 Å². The molecule has 2 amide bonds. The molecule has 1 saturated heterocycles. The van der Waals surface area contributed by atoms with E-state index in [1.165, 1.54) is 11.3 Å². The molecule has 7 heteroatoms. The molecule has 138 valence electrons. The van der Waals surface area contributed by atoms with E-state index in [2.05, 4.69) is 15.6 Å². The Balaban J connectivity index is 1.41.